The molecule has 0 saturated heterocycles. The van der Waals surface area contributed by atoms with Gasteiger partial charge in [-0.2, -0.15) is 5.10 Å². The molecule has 0 aliphatic carbocycles. The molecule has 0 aromatic carbocycles. The first-order chi connectivity index (χ1) is 6.06. The van der Waals surface area contributed by atoms with Crippen molar-refractivity contribution in [1.29, 1.82) is 0 Å². The molecule has 0 radical (unpaired) electrons. The monoisotopic (exact) mass is 182 g/mol. The Morgan fingerprint density at radius 2 is 2.31 bits per heavy atom. The van der Waals surface area contributed by atoms with E-state index in [0.29, 0.717) is 5.76 Å². The zero-order valence-electron chi connectivity index (χ0n) is 7.37. The topological polar surface area (TPSA) is 88.8 Å². The predicted molar refractivity (Wildman–Crippen MR) is 47.8 cm³/mol. The first-order valence-corrected chi connectivity index (χ1v) is 3.65. The molecule has 0 fully saturated rings. The average molecular weight is 182 g/mol. The van der Waals surface area contributed by atoms with Crippen LogP contribution in [0.4, 0.5) is 0 Å². The second-order valence-corrected chi connectivity index (χ2v) is 2.62. The second-order valence-electron chi connectivity index (χ2n) is 2.62. The molecule has 70 valence electrons. The van der Waals surface area contributed by atoms with Crippen LogP contribution in [0.5, 0.6) is 5.75 Å². The van der Waals surface area contributed by atoms with Gasteiger partial charge in [-0.15, -0.1) is 0 Å². The van der Waals surface area contributed by atoms with E-state index < -0.39 is 5.63 Å². The van der Waals surface area contributed by atoms with Crippen molar-refractivity contribution in [3.63, 3.8) is 0 Å². The van der Waals surface area contributed by atoms with Crippen LogP contribution >= 0.6 is 0 Å². The third-order valence-electron chi connectivity index (χ3n) is 1.61. The molecule has 0 bridgehead atoms. The Hall–Kier alpha value is -1.78. The highest BCUT2D eigenvalue weighted by atomic mass is 16.4. The minimum Gasteiger partial charge on any atom is -0.507 e. The molecule has 0 amide bonds. The van der Waals surface area contributed by atoms with Gasteiger partial charge in [0.1, 0.15) is 17.1 Å². The Kier molecular flexibility index (Phi) is 2.36. The van der Waals surface area contributed by atoms with Gasteiger partial charge in [0.2, 0.25) is 0 Å². The molecule has 0 saturated carbocycles. The number of nitrogens with two attached hydrogens (primary N) is 1. The molecule has 0 aliphatic heterocycles. The normalized spacial score (nSPS) is 11.7. The van der Waals surface area contributed by atoms with Crippen LogP contribution in [-0.4, -0.2) is 10.8 Å². The highest BCUT2D eigenvalue weighted by Gasteiger charge is 2.12. The number of rotatable bonds is 1. The van der Waals surface area contributed by atoms with E-state index in [1.165, 1.54) is 13.0 Å². The van der Waals surface area contributed by atoms with E-state index in [1.807, 2.05) is 0 Å². The molecule has 1 rings (SSSR count). The Bertz CT molecular complexity index is 406. The van der Waals surface area contributed by atoms with Crippen LogP contribution < -0.4 is 11.5 Å². The van der Waals surface area contributed by atoms with E-state index in [9.17, 15) is 9.90 Å². The molecule has 3 N–H and O–H groups in total. The Balaban J connectivity index is 3.47. The fraction of sp³-hybridized carbons (Fsp3) is 0.250. The summed E-state index contributed by atoms with van der Waals surface area (Å²) in [5.41, 5.74) is -0.386. The highest BCUT2D eigenvalue weighted by molar-refractivity contribution is 6.00. The summed E-state index contributed by atoms with van der Waals surface area (Å²) < 4.78 is 4.76. The zero-order valence-corrected chi connectivity index (χ0v) is 7.37. The molecule has 1 aromatic rings. The smallest absolute Gasteiger partial charge is 0.348 e. The summed E-state index contributed by atoms with van der Waals surface area (Å²) in [4.78, 5) is 11.2. The Morgan fingerprint density at radius 3 is 2.77 bits per heavy atom. The van der Waals surface area contributed by atoms with Crippen LogP contribution in [0.2, 0.25) is 0 Å². The van der Waals surface area contributed by atoms with Crippen molar-refractivity contribution in [2.75, 3.05) is 0 Å². The summed E-state index contributed by atoms with van der Waals surface area (Å²) in [5.74, 6) is 5.15. The van der Waals surface area contributed by atoms with Gasteiger partial charge in [-0.3, -0.25) is 0 Å². The van der Waals surface area contributed by atoms with Crippen molar-refractivity contribution in [3.05, 3.63) is 27.8 Å². The lowest BCUT2D eigenvalue weighted by Gasteiger charge is -2.01. The third-order valence-corrected chi connectivity index (χ3v) is 1.61. The quantitative estimate of drug-likeness (QED) is 0.372. The van der Waals surface area contributed by atoms with Gasteiger partial charge in [0, 0.05) is 6.07 Å². The summed E-state index contributed by atoms with van der Waals surface area (Å²) >= 11 is 0. The molecule has 0 aliphatic rings. The Labute approximate surface area is 74.5 Å². The van der Waals surface area contributed by atoms with Crippen LogP contribution in [0.25, 0.3) is 0 Å². The first-order valence-electron chi connectivity index (χ1n) is 3.65. The standard InChI is InChI=1S/C8H10N2O3/c1-4-3-6(11)7(5(2)10-9)8(12)13-4/h3,11H,9H2,1-2H3/b10-5+. The van der Waals surface area contributed by atoms with Gasteiger partial charge in [0.25, 0.3) is 0 Å². The maximum absolute atomic E-state index is 11.2. The molecule has 0 spiro atoms. The number of aryl methyl sites for hydroxylation is 1. The Morgan fingerprint density at radius 1 is 1.69 bits per heavy atom. The van der Waals surface area contributed by atoms with Gasteiger partial charge >= 0.3 is 5.63 Å². The van der Waals surface area contributed by atoms with Gasteiger partial charge in [-0.1, -0.05) is 0 Å². The van der Waals surface area contributed by atoms with Crippen LogP contribution in [-0.2, 0) is 0 Å². The summed E-state index contributed by atoms with van der Waals surface area (Å²) in [5, 5.41) is 12.7. The van der Waals surface area contributed by atoms with Gasteiger partial charge in [-0.05, 0) is 13.8 Å². The summed E-state index contributed by atoms with van der Waals surface area (Å²) in [6.07, 6.45) is 0. The SMILES string of the molecule is C/C(=N\N)c1c(O)cc(C)oc1=O. The molecule has 1 heterocycles. The van der Waals surface area contributed by atoms with Gasteiger partial charge in [-0.25, -0.2) is 4.79 Å². The number of hydrogen-bond acceptors (Lipinski definition) is 5. The second kappa shape index (κ2) is 3.30. The molecule has 1 aromatic heterocycles. The summed E-state index contributed by atoms with van der Waals surface area (Å²) in [7, 11) is 0. The van der Waals surface area contributed by atoms with Crippen molar-refractivity contribution in [1.82, 2.24) is 0 Å². The predicted octanol–water partition coefficient (Wildman–Crippen LogP) is 0.337. The molecular weight excluding hydrogens is 172 g/mol. The van der Waals surface area contributed by atoms with Gasteiger partial charge in [0.15, 0.2) is 0 Å². The summed E-state index contributed by atoms with van der Waals surface area (Å²) in [6.45, 7) is 3.08. The largest absolute Gasteiger partial charge is 0.507 e. The number of nitrogens with zero attached hydrogens (tertiary/aromatic N) is 1. The molecule has 13 heavy (non-hydrogen) atoms. The lowest BCUT2D eigenvalue weighted by atomic mass is 10.2. The van der Waals surface area contributed by atoms with Gasteiger partial charge in [0.05, 0.1) is 5.71 Å². The van der Waals surface area contributed by atoms with Crippen molar-refractivity contribution in [3.8, 4) is 5.75 Å². The molecule has 5 heteroatoms. The van der Waals surface area contributed by atoms with Crippen molar-refractivity contribution in [2.24, 2.45) is 10.9 Å². The van der Waals surface area contributed by atoms with Crippen LogP contribution in [0.3, 0.4) is 0 Å². The van der Waals surface area contributed by atoms with Crippen molar-refractivity contribution < 1.29 is 9.52 Å². The van der Waals surface area contributed by atoms with E-state index in [0.717, 1.165) is 0 Å². The number of hydrazone groups is 1. The lowest BCUT2D eigenvalue weighted by molar-refractivity contribution is 0.432. The molecule has 0 atom stereocenters. The maximum atomic E-state index is 11.2. The van der Waals surface area contributed by atoms with Crippen LogP contribution in [0.15, 0.2) is 20.4 Å². The first kappa shape index (κ1) is 9.31. The summed E-state index contributed by atoms with van der Waals surface area (Å²) in [6, 6.07) is 1.34. The van der Waals surface area contributed by atoms with Crippen molar-refractivity contribution >= 4 is 5.71 Å². The van der Waals surface area contributed by atoms with E-state index in [1.54, 1.807) is 6.92 Å². The van der Waals surface area contributed by atoms with Crippen LogP contribution in [0, 0.1) is 6.92 Å². The van der Waals surface area contributed by atoms with E-state index in [4.69, 9.17) is 10.3 Å². The fourth-order valence-corrected chi connectivity index (χ4v) is 0.994. The lowest BCUT2D eigenvalue weighted by Crippen LogP contribution is -2.14. The zero-order chi connectivity index (χ0) is 10.0. The fourth-order valence-electron chi connectivity index (χ4n) is 0.994. The van der Waals surface area contributed by atoms with E-state index in [2.05, 4.69) is 5.10 Å². The molecule has 0 unspecified atom stereocenters. The maximum Gasteiger partial charge on any atom is 0.348 e. The van der Waals surface area contributed by atoms with E-state index in [-0.39, 0.29) is 17.0 Å². The van der Waals surface area contributed by atoms with E-state index >= 15 is 0 Å². The average Bonchev–Trinajstić information content (AvgIpc) is 2.02. The molecule has 5 nitrogen and oxygen atoms in total. The van der Waals surface area contributed by atoms with Gasteiger partial charge < -0.3 is 15.4 Å². The minimum atomic E-state index is -0.635. The molecular formula is C8H10N2O3. The minimum absolute atomic E-state index is 0.00750. The number of hydrogen-bond donors (Lipinski definition) is 2. The third kappa shape index (κ3) is 1.69. The number of aromatic hydroxyl groups is 1. The van der Waals surface area contributed by atoms with Crippen LogP contribution in [0.1, 0.15) is 18.2 Å². The van der Waals surface area contributed by atoms with Crippen molar-refractivity contribution in [2.45, 2.75) is 13.8 Å². The highest BCUT2D eigenvalue weighted by Crippen LogP contribution is 2.14.